The van der Waals surface area contributed by atoms with E-state index in [1.54, 1.807) is 17.0 Å². The minimum atomic E-state index is -2.50. The Bertz CT molecular complexity index is 994. The number of benzene rings is 2. The molecule has 2 aromatic carbocycles. The average Bonchev–Trinajstić information content (AvgIpc) is 3.15. The first kappa shape index (κ1) is 23.8. The third-order valence-corrected chi connectivity index (χ3v) is 6.49. The lowest BCUT2D eigenvalue weighted by Gasteiger charge is -2.42. The van der Waals surface area contributed by atoms with Gasteiger partial charge in [-0.25, -0.2) is 13.2 Å². The fourth-order valence-electron chi connectivity index (χ4n) is 5.01. The van der Waals surface area contributed by atoms with Crippen molar-refractivity contribution in [1.29, 1.82) is 0 Å². The van der Waals surface area contributed by atoms with Crippen LogP contribution in [0.3, 0.4) is 0 Å². The van der Waals surface area contributed by atoms with Gasteiger partial charge in [0.15, 0.2) is 0 Å². The van der Waals surface area contributed by atoms with E-state index in [1.807, 2.05) is 19.1 Å². The Morgan fingerprint density at radius 2 is 1.97 bits per heavy atom. The zero-order chi connectivity index (χ0) is 23.4. The van der Waals surface area contributed by atoms with Gasteiger partial charge in [0.2, 0.25) is 0 Å². The summed E-state index contributed by atoms with van der Waals surface area (Å²) < 4.78 is 60.1. The summed E-state index contributed by atoms with van der Waals surface area (Å²) in [6.45, 7) is 2.58. The predicted molar refractivity (Wildman–Crippen MR) is 122 cm³/mol. The minimum absolute atomic E-state index is 0.139. The highest BCUT2D eigenvalue weighted by Gasteiger charge is 2.40. The van der Waals surface area contributed by atoms with Gasteiger partial charge in [0.05, 0.1) is 19.3 Å². The molecule has 0 fully saturated rings. The van der Waals surface area contributed by atoms with Crippen LogP contribution in [-0.4, -0.2) is 50.3 Å². The molecule has 3 nitrogen and oxygen atoms in total. The highest BCUT2D eigenvalue weighted by atomic mass is 19.3. The molecule has 0 radical (unpaired) electrons. The molecule has 2 aromatic rings. The van der Waals surface area contributed by atoms with Crippen LogP contribution in [0.15, 0.2) is 48.0 Å². The van der Waals surface area contributed by atoms with Gasteiger partial charge in [0, 0.05) is 24.2 Å². The summed E-state index contributed by atoms with van der Waals surface area (Å²) in [5.74, 6) is -0.0734. The van der Waals surface area contributed by atoms with Gasteiger partial charge in [-0.2, -0.15) is 0 Å². The predicted octanol–water partition coefficient (Wildman–Crippen LogP) is 5.56. The van der Waals surface area contributed by atoms with Crippen molar-refractivity contribution < 1.29 is 22.3 Å². The van der Waals surface area contributed by atoms with Crippen molar-refractivity contribution in [3.63, 3.8) is 0 Å². The molecule has 1 heterocycles. The highest BCUT2D eigenvalue weighted by Crippen LogP contribution is 2.49. The number of alkyl halides is 3. The fraction of sp³-hybridized carbons (Fsp3) is 0.462. The van der Waals surface area contributed by atoms with Gasteiger partial charge in [-0.05, 0) is 61.1 Å². The van der Waals surface area contributed by atoms with E-state index in [-0.39, 0.29) is 12.7 Å². The smallest absolute Gasteiger partial charge is 0.251 e. The van der Waals surface area contributed by atoms with Crippen LogP contribution in [0.5, 0.6) is 5.75 Å². The van der Waals surface area contributed by atoms with Gasteiger partial charge >= 0.3 is 0 Å². The van der Waals surface area contributed by atoms with Crippen LogP contribution in [0.1, 0.15) is 42.5 Å². The Balaban J connectivity index is 1.58. The quantitative estimate of drug-likeness (QED) is 0.369. The summed E-state index contributed by atoms with van der Waals surface area (Å²) in [6, 6.07) is 12.1. The Kier molecular flexibility index (Phi) is 7.71. The molecule has 0 saturated carbocycles. The summed E-state index contributed by atoms with van der Waals surface area (Å²) in [7, 11) is 0. The lowest BCUT2D eigenvalue weighted by atomic mass is 9.85. The molecular weight excluding hydrogens is 432 g/mol. The molecule has 0 aromatic heterocycles. The molecule has 1 N–H and O–H groups in total. The molecule has 0 spiro atoms. The summed E-state index contributed by atoms with van der Waals surface area (Å²) in [5.41, 5.74) is 4.89. The van der Waals surface area contributed by atoms with Crippen molar-refractivity contribution in [1.82, 2.24) is 10.2 Å². The molecule has 0 amide bonds. The van der Waals surface area contributed by atoms with Crippen LogP contribution in [0.25, 0.3) is 5.57 Å². The van der Waals surface area contributed by atoms with Crippen molar-refractivity contribution in [2.45, 2.75) is 44.7 Å². The Morgan fingerprint density at radius 3 is 2.73 bits per heavy atom. The second kappa shape index (κ2) is 10.7. The third kappa shape index (κ3) is 5.25. The number of ether oxygens (including phenoxy) is 1. The maximum Gasteiger partial charge on any atom is 0.251 e. The van der Waals surface area contributed by atoms with E-state index in [0.29, 0.717) is 50.3 Å². The van der Waals surface area contributed by atoms with Gasteiger partial charge in [-0.15, -0.1) is 0 Å². The monoisotopic (exact) mass is 462 g/mol. The summed E-state index contributed by atoms with van der Waals surface area (Å²) >= 11 is 0. The summed E-state index contributed by atoms with van der Waals surface area (Å²) in [4.78, 5) is 1.74. The van der Waals surface area contributed by atoms with Gasteiger partial charge in [-0.3, -0.25) is 9.29 Å². The van der Waals surface area contributed by atoms with Crippen LogP contribution in [-0.2, 0) is 6.42 Å². The van der Waals surface area contributed by atoms with Crippen molar-refractivity contribution >= 4 is 5.57 Å². The van der Waals surface area contributed by atoms with Crippen molar-refractivity contribution in [2.75, 3.05) is 32.9 Å². The molecular formula is C26H30F4N2O. The second-order valence-corrected chi connectivity index (χ2v) is 8.71. The number of hydrogen-bond acceptors (Lipinski definition) is 3. The van der Waals surface area contributed by atoms with Crippen molar-refractivity contribution in [3.05, 3.63) is 70.5 Å². The molecule has 1 aliphatic heterocycles. The SMILES string of the molecule is C[C@@H]1CC2=C(Cc3ccccc32)[C@@H](c2ccc(OCCNCCCF)cc2F)N1CC(F)F. The third-order valence-electron chi connectivity index (χ3n) is 6.49. The maximum atomic E-state index is 15.4. The Hall–Kier alpha value is -2.38. The lowest BCUT2D eigenvalue weighted by Crippen LogP contribution is -2.43. The number of nitrogens with zero attached hydrogens (tertiary/aromatic N) is 1. The number of fused-ring (bicyclic) bond motifs is 2. The highest BCUT2D eigenvalue weighted by molar-refractivity contribution is 5.79. The molecule has 2 atom stereocenters. The van der Waals surface area contributed by atoms with Gasteiger partial charge < -0.3 is 10.1 Å². The molecule has 2 aliphatic rings. The number of halogens is 4. The van der Waals surface area contributed by atoms with Gasteiger partial charge in [0.1, 0.15) is 18.2 Å². The van der Waals surface area contributed by atoms with Crippen LogP contribution >= 0.6 is 0 Å². The first-order valence-corrected chi connectivity index (χ1v) is 11.5. The van der Waals surface area contributed by atoms with E-state index in [0.717, 1.165) is 16.7 Å². The Morgan fingerprint density at radius 1 is 1.15 bits per heavy atom. The van der Waals surface area contributed by atoms with Gasteiger partial charge in [-0.1, -0.05) is 30.3 Å². The molecule has 4 rings (SSSR count). The van der Waals surface area contributed by atoms with Crippen LogP contribution in [0.2, 0.25) is 0 Å². The molecule has 0 bridgehead atoms. The summed E-state index contributed by atoms with van der Waals surface area (Å²) in [5, 5.41) is 3.05. The minimum Gasteiger partial charge on any atom is -0.492 e. The van der Waals surface area contributed by atoms with E-state index in [2.05, 4.69) is 17.4 Å². The zero-order valence-corrected chi connectivity index (χ0v) is 18.8. The van der Waals surface area contributed by atoms with E-state index in [9.17, 15) is 13.2 Å². The lowest BCUT2D eigenvalue weighted by molar-refractivity contribution is 0.0473. The largest absolute Gasteiger partial charge is 0.492 e. The maximum absolute atomic E-state index is 15.4. The van der Waals surface area contributed by atoms with Gasteiger partial charge in [0.25, 0.3) is 6.43 Å². The molecule has 178 valence electrons. The topological polar surface area (TPSA) is 24.5 Å². The van der Waals surface area contributed by atoms with E-state index >= 15 is 4.39 Å². The van der Waals surface area contributed by atoms with Crippen molar-refractivity contribution in [3.8, 4) is 5.75 Å². The molecule has 1 aliphatic carbocycles. The van der Waals surface area contributed by atoms with E-state index < -0.39 is 24.8 Å². The second-order valence-electron chi connectivity index (χ2n) is 8.71. The van der Waals surface area contributed by atoms with Crippen LogP contribution in [0, 0.1) is 5.82 Å². The summed E-state index contributed by atoms with van der Waals surface area (Å²) in [6.07, 6.45) is -0.741. The number of nitrogens with one attached hydrogen (secondary N) is 1. The normalized spacial score (nSPS) is 20.3. The van der Waals surface area contributed by atoms with E-state index in [1.165, 1.54) is 11.6 Å². The number of rotatable bonds is 10. The molecule has 7 heteroatoms. The standard InChI is InChI=1S/C26H30F4N2O/c1-17-13-22-20-6-3-2-5-18(20)14-23(22)26(32(17)16-25(29)30)21-8-7-19(15-24(21)28)33-12-11-31-10-4-9-27/h2-3,5-8,15,17,25-26,31H,4,9-14,16H2,1H3/t17-,26-/m1/s1. The molecule has 0 unspecified atom stereocenters. The number of hydrogen-bond donors (Lipinski definition) is 1. The van der Waals surface area contributed by atoms with E-state index in [4.69, 9.17) is 4.74 Å². The first-order chi connectivity index (χ1) is 16.0. The molecule has 33 heavy (non-hydrogen) atoms. The average molecular weight is 463 g/mol. The fourth-order valence-corrected chi connectivity index (χ4v) is 5.01. The first-order valence-electron chi connectivity index (χ1n) is 11.5. The van der Waals surface area contributed by atoms with Crippen LogP contribution < -0.4 is 10.1 Å². The zero-order valence-electron chi connectivity index (χ0n) is 18.8. The molecule has 0 saturated heterocycles. The van der Waals surface area contributed by atoms with Crippen molar-refractivity contribution in [2.24, 2.45) is 0 Å². The van der Waals surface area contributed by atoms with Crippen LogP contribution in [0.4, 0.5) is 17.6 Å². The Labute approximate surface area is 192 Å².